The van der Waals surface area contributed by atoms with Crippen molar-refractivity contribution < 1.29 is 4.79 Å². The molecule has 1 saturated heterocycles. The molecule has 1 aliphatic heterocycles. The summed E-state index contributed by atoms with van der Waals surface area (Å²) in [6.07, 6.45) is 6.90. The predicted molar refractivity (Wildman–Crippen MR) is 73.2 cm³/mol. The molecule has 3 atom stereocenters. The minimum atomic E-state index is 0.218. The number of hydrogen-bond donors (Lipinski definition) is 2. The lowest BCUT2D eigenvalue weighted by molar-refractivity contribution is -0.119. The van der Waals surface area contributed by atoms with E-state index in [0.29, 0.717) is 24.4 Å². The van der Waals surface area contributed by atoms with Crippen molar-refractivity contribution in [1.82, 2.24) is 10.2 Å². The van der Waals surface area contributed by atoms with E-state index in [9.17, 15) is 4.79 Å². The fourth-order valence-electron chi connectivity index (χ4n) is 3.54. The van der Waals surface area contributed by atoms with E-state index in [0.717, 1.165) is 26.1 Å². The fraction of sp³-hybridized carbons (Fsp3) is 0.929. The van der Waals surface area contributed by atoms with Crippen molar-refractivity contribution in [1.29, 1.82) is 0 Å². The highest BCUT2D eigenvalue weighted by Gasteiger charge is 2.31. The van der Waals surface area contributed by atoms with E-state index in [1.54, 1.807) is 0 Å². The first-order chi connectivity index (χ1) is 8.74. The summed E-state index contributed by atoms with van der Waals surface area (Å²) < 4.78 is 0. The Bertz CT molecular complexity index is 282. The molecule has 4 nitrogen and oxygen atoms in total. The monoisotopic (exact) mass is 253 g/mol. The fourth-order valence-corrected chi connectivity index (χ4v) is 3.54. The number of nitrogens with zero attached hydrogens (tertiary/aromatic N) is 1. The number of nitrogens with two attached hydrogens (primary N) is 1. The Kier molecular flexibility index (Phi) is 5.01. The first-order valence-corrected chi connectivity index (χ1v) is 7.48. The third-order valence-corrected chi connectivity index (χ3v) is 4.59. The summed E-state index contributed by atoms with van der Waals surface area (Å²) in [5.41, 5.74) is 5.92. The van der Waals surface area contributed by atoms with Crippen molar-refractivity contribution in [3.05, 3.63) is 0 Å². The molecule has 4 heteroatoms. The summed E-state index contributed by atoms with van der Waals surface area (Å²) in [4.78, 5) is 13.8. The summed E-state index contributed by atoms with van der Waals surface area (Å²) in [6.45, 7) is 5.09. The van der Waals surface area contributed by atoms with Gasteiger partial charge in [-0.3, -0.25) is 9.69 Å². The topological polar surface area (TPSA) is 58.4 Å². The van der Waals surface area contributed by atoms with E-state index in [-0.39, 0.29) is 5.91 Å². The number of rotatable bonds is 5. The first-order valence-electron chi connectivity index (χ1n) is 7.48. The molecule has 1 saturated carbocycles. The van der Waals surface area contributed by atoms with Crippen molar-refractivity contribution in [3.8, 4) is 0 Å². The zero-order valence-electron chi connectivity index (χ0n) is 11.5. The zero-order valence-corrected chi connectivity index (χ0v) is 11.5. The second-order valence-corrected chi connectivity index (χ2v) is 5.74. The van der Waals surface area contributed by atoms with Crippen LogP contribution in [0.25, 0.3) is 0 Å². The third-order valence-electron chi connectivity index (χ3n) is 4.59. The van der Waals surface area contributed by atoms with E-state index < -0.39 is 0 Å². The van der Waals surface area contributed by atoms with Gasteiger partial charge < -0.3 is 11.1 Å². The van der Waals surface area contributed by atoms with Crippen LogP contribution >= 0.6 is 0 Å². The first kappa shape index (κ1) is 13.8. The maximum atomic E-state index is 11.3. The Morgan fingerprint density at radius 3 is 2.72 bits per heavy atom. The number of hydrogen-bond acceptors (Lipinski definition) is 3. The van der Waals surface area contributed by atoms with Gasteiger partial charge in [-0.2, -0.15) is 0 Å². The number of nitrogens with one attached hydrogen (secondary N) is 1. The van der Waals surface area contributed by atoms with E-state index in [2.05, 4.69) is 17.1 Å². The van der Waals surface area contributed by atoms with E-state index >= 15 is 0 Å². The molecule has 1 amide bonds. The van der Waals surface area contributed by atoms with Crippen LogP contribution in [0.4, 0.5) is 0 Å². The molecule has 2 aliphatic rings. The molecule has 104 valence electrons. The van der Waals surface area contributed by atoms with Gasteiger partial charge in [-0.1, -0.05) is 19.8 Å². The maximum absolute atomic E-state index is 11.3. The van der Waals surface area contributed by atoms with Crippen molar-refractivity contribution in [2.45, 2.75) is 57.5 Å². The molecule has 2 rings (SSSR count). The van der Waals surface area contributed by atoms with Gasteiger partial charge in [-0.25, -0.2) is 0 Å². The van der Waals surface area contributed by atoms with Crippen LogP contribution in [0.2, 0.25) is 0 Å². The molecule has 0 spiro atoms. The van der Waals surface area contributed by atoms with Gasteiger partial charge in [0.05, 0.1) is 0 Å². The van der Waals surface area contributed by atoms with E-state index in [1.807, 2.05) is 0 Å². The van der Waals surface area contributed by atoms with Crippen LogP contribution in [0.1, 0.15) is 45.4 Å². The van der Waals surface area contributed by atoms with Crippen LogP contribution in [-0.4, -0.2) is 42.5 Å². The van der Waals surface area contributed by atoms with Crippen LogP contribution in [0.15, 0.2) is 0 Å². The van der Waals surface area contributed by atoms with Gasteiger partial charge in [0.2, 0.25) is 5.91 Å². The maximum Gasteiger partial charge on any atom is 0.220 e. The molecule has 0 bridgehead atoms. The Morgan fingerprint density at radius 2 is 2.11 bits per heavy atom. The quantitative estimate of drug-likeness (QED) is 0.771. The second kappa shape index (κ2) is 6.53. The largest absolute Gasteiger partial charge is 0.352 e. The summed E-state index contributed by atoms with van der Waals surface area (Å²) in [5.74, 6) is 0.867. The summed E-state index contributed by atoms with van der Waals surface area (Å²) in [6, 6.07) is 0.990. The number of amides is 1. The Hall–Kier alpha value is -0.610. The summed E-state index contributed by atoms with van der Waals surface area (Å²) in [5, 5.41) is 3.08. The molecule has 3 N–H and O–H groups in total. The molecule has 0 aromatic rings. The lowest BCUT2D eigenvalue weighted by Gasteiger charge is -2.40. The van der Waals surface area contributed by atoms with E-state index in [4.69, 9.17) is 5.73 Å². The van der Waals surface area contributed by atoms with Crippen molar-refractivity contribution in [2.24, 2.45) is 11.7 Å². The highest BCUT2D eigenvalue weighted by atomic mass is 16.1. The average molecular weight is 253 g/mol. The lowest BCUT2D eigenvalue weighted by atomic mass is 9.83. The van der Waals surface area contributed by atoms with Gasteiger partial charge in [0.1, 0.15) is 0 Å². The minimum Gasteiger partial charge on any atom is -0.352 e. The Balaban J connectivity index is 1.91. The minimum absolute atomic E-state index is 0.218. The van der Waals surface area contributed by atoms with Crippen molar-refractivity contribution >= 4 is 5.91 Å². The molecular formula is C14H27N3O. The smallest absolute Gasteiger partial charge is 0.220 e. The van der Waals surface area contributed by atoms with Gasteiger partial charge in [0, 0.05) is 25.0 Å². The Labute approximate surface area is 110 Å². The highest BCUT2D eigenvalue weighted by molar-refractivity contribution is 5.78. The average Bonchev–Trinajstić information content (AvgIpc) is 2.81. The molecule has 0 radical (unpaired) electrons. The van der Waals surface area contributed by atoms with Crippen LogP contribution in [0, 0.1) is 5.92 Å². The van der Waals surface area contributed by atoms with Crippen molar-refractivity contribution in [2.75, 3.05) is 19.6 Å². The normalized spacial score (nSPS) is 32.8. The second-order valence-electron chi connectivity index (χ2n) is 5.74. The predicted octanol–water partition coefficient (Wildman–Crippen LogP) is 1.10. The van der Waals surface area contributed by atoms with Gasteiger partial charge in [0.25, 0.3) is 0 Å². The van der Waals surface area contributed by atoms with Crippen LogP contribution < -0.4 is 11.1 Å². The number of carbonyl (C=O) groups excluding carboxylic acids is 1. The molecule has 18 heavy (non-hydrogen) atoms. The molecule has 1 aliphatic carbocycles. The van der Waals surface area contributed by atoms with Gasteiger partial charge in [-0.15, -0.1) is 0 Å². The standard InChI is InChI=1S/C14H27N3O/c1-2-17(10-12-7-8-14(18)16-12)13-6-4-3-5-11(13)9-15/h11-13H,2-10,15H2,1H3,(H,16,18). The van der Waals surface area contributed by atoms with Gasteiger partial charge in [0.15, 0.2) is 0 Å². The highest BCUT2D eigenvalue weighted by Crippen LogP contribution is 2.28. The molecule has 0 aromatic heterocycles. The lowest BCUT2D eigenvalue weighted by Crippen LogP contribution is -2.49. The van der Waals surface area contributed by atoms with Crippen molar-refractivity contribution in [3.63, 3.8) is 0 Å². The number of carbonyl (C=O) groups is 1. The molecule has 0 aromatic carbocycles. The van der Waals surface area contributed by atoms with E-state index in [1.165, 1.54) is 25.7 Å². The summed E-state index contributed by atoms with van der Waals surface area (Å²) >= 11 is 0. The van der Waals surface area contributed by atoms with Crippen LogP contribution in [-0.2, 0) is 4.79 Å². The zero-order chi connectivity index (χ0) is 13.0. The third kappa shape index (κ3) is 3.23. The molecular weight excluding hydrogens is 226 g/mol. The molecule has 1 heterocycles. The Morgan fingerprint density at radius 1 is 1.33 bits per heavy atom. The van der Waals surface area contributed by atoms with Crippen LogP contribution in [0.3, 0.4) is 0 Å². The van der Waals surface area contributed by atoms with Gasteiger partial charge in [-0.05, 0) is 38.3 Å². The molecule has 2 fully saturated rings. The molecule has 3 unspecified atom stereocenters. The van der Waals surface area contributed by atoms with Gasteiger partial charge >= 0.3 is 0 Å². The summed E-state index contributed by atoms with van der Waals surface area (Å²) in [7, 11) is 0. The SMILES string of the molecule is CCN(CC1CCC(=O)N1)C1CCCCC1CN. The number of likely N-dealkylation sites (N-methyl/N-ethyl adjacent to an activating group) is 1. The van der Waals surface area contributed by atoms with Crippen LogP contribution in [0.5, 0.6) is 0 Å².